The van der Waals surface area contributed by atoms with Crippen LogP contribution in [0.2, 0.25) is 5.02 Å². The van der Waals surface area contributed by atoms with Crippen molar-refractivity contribution in [2.75, 3.05) is 11.5 Å². The minimum atomic E-state index is -0.898. The van der Waals surface area contributed by atoms with Gasteiger partial charge in [-0.3, -0.25) is 0 Å². The Balaban J connectivity index is 2.62. The summed E-state index contributed by atoms with van der Waals surface area (Å²) < 4.78 is 0. The number of thioether (sulfide) groups is 1. The summed E-state index contributed by atoms with van der Waals surface area (Å²) in [5.41, 5.74) is 6.70. The highest BCUT2D eigenvalue weighted by Crippen LogP contribution is 2.27. The van der Waals surface area contributed by atoms with E-state index in [2.05, 4.69) is 0 Å². The van der Waals surface area contributed by atoms with Gasteiger partial charge in [0.2, 0.25) is 0 Å². The van der Waals surface area contributed by atoms with Crippen LogP contribution in [0.15, 0.2) is 34.7 Å². The fraction of sp³-hybridized carbons (Fsp3) is 0.182. The summed E-state index contributed by atoms with van der Waals surface area (Å²) in [7, 11) is 0. The van der Waals surface area contributed by atoms with Crippen molar-refractivity contribution in [2.24, 2.45) is 0 Å². The van der Waals surface area contributed by atoms with Crippen LogP contribution in [0, 0.1) is 0 Å². The summed E-state index contributed by atoms with van der Waals surface area (Å²) in [5.74, 6) is -0.325. The van der Waals surface area contributed by atoms with Gasteiger partial charge in [-0.05, 0) is 25.1 Å². The van der Waals surface area contributed by atoms with Gasteiger partial charge in [0, 0.05) is 26.9 Å². The molecule has 0 saturated heterocycles. The Hall–Kier alpha value is -1.13. The number of hydrogen-bond acceptors (Lipinski definition) is 3. The molecule has 5 heteroatoms. The number of carboxylic acid groups (broad SMARTS) is 1. The van der Waals surface area contributed by atoms with Crippen LogP contribution < -0.4 is 5.73 Å². The molecule has 86 valence electrons. The molecule has 1 aromatic rings. The van der Waals surface area contributed by atoms with Crippen molar-refractivity contribution >= 4 is 35.0 Å². The standard InChI is InChI=1S/C11H12ClNO2S/c1-7(11(14)15)4-5-16-10-3-2-8(12)6-9(10)13/h2-4,6H,5,13H2,1H3,(H,14,15). The molecule has 0 unspecified atom stereocenters. The SMILES string of the molecule is CC(=CCSc1ccc(Cl)cc1N)C(=O)O. The van der Waals surface area contributed by atoms with E-state index in [1.807, 2.05) is 6.07 Å². The van der Waals surface area contributed by atoms with E-state index in [4.69, 9.17) is 22.4 Å². The van der Waals surface area contributed by atoms with Crippen molar-refractivity contribution in [1.82, 2.24) is 0 Å². The third kappa shape index (κ3) is 3.79. The molecule has 0 atom stereocenters. The third-order valence-electron chi connectivity index (χ3n) is 1.94. The Bertz CT molecular complexity index is 432. The van der Waals surface area contributed by atoms with E-state index in [-0.39, 0.29) is 0 Å². The lowest BCUT2D eigenvalue weighted by atomic mass is 10.3. The molecule has 3 nitrogen and oxygen atoms in total. The van der Waals surface area contributed by atoms with E-state index in [1.165, 1.54) is 11.8 Å². The second-order valence-electron chi connectivity index (χ2n) is 3.19. The molecular formula is C11H12ClNO2S. The van der Waals surface area contributed by atoms with Gasteiger partial charge in [-0.15, -0.1) is 11.8 Å². The van der Waals surface area contributed by atoms with E-state index in [1.54, 1.807) is 25.1 Å². The van der Waals surface area contributed by atoms with E-state index in [0.717, 1.165) is 4.90 Å². The summed E-state index contributed by atoms with van der Waals surface area (Å²) in [6.07, 6.45) is 1.65. The number of anilines is 1. The number of carbonyl (C=O) groups is 1. The highest BCUT2D eigenvalue weighted by atomic mass is 35.5. The fourth-order valence-corrected chi connectivity index (χ4v) is 2.08. The maximum Gasteiger partial charge on any atom is 0.330 e. The number of nitrogens with two attached hydrogens (primary N) is 1. The van der Waals surface area contributed by atoms with E-state index < -0.39 is 5.97 Å². The molecule has 0 fully saturated rings. The van der Waals surface area contributed by atoms with E-state index in [0.29, 0.717) is 22.0 Å². The fourth-order valence-electron chi connectivity index (χ4n) is 0.995. The Morgan fingerprint density at radius 1 is 1.62 bits per heavy atom. The largest absolute Gasteiger partial charge is 0.478 e. The van der Waals surface area contributed by atoms with Crippen LogP contribution >= 0.6 is 23.4 Å². The van der Waals surface area contributed by atoms with Crippen LogP contribution in [0.25, 0.3) is 0 Å². The van der Waals surface area contributed by atoms with Crippen molar-refractivity contribution < 1.29 is 9.90 Å². The van der Waals surface area contributed by atoms with Gasteiger partial charge < -0.3 is 10.8 Å². The molecule has 0 saturated carbocycles. The molecule has 16 heavy (non-hydrogen) atoms. The second kappa shape index (κ2) is 5.82. The normalized spacial score (nSPS) is 11.5. The Morgan fingerprint density at radius 2 is 2.31 bits per heavy atom. The quantitative estimate of drug-likeness (QED) is 0.494. The van der Waals surface area contributed by atoms with Crippen molar-refractivity contribution in [3.05, 3.63) is 34.9 Å². The first-order chi connectivity index (χ1) is 7.50. The van der Waals surface area contributed by atoms with E-state index >= 15 is 0 Å². The molecule has 0 aromatic heterocycles. The number of hydrogen-bond donors (Lipinski definition) is 2. The minimum Gasteiger partial charge on any atom is -0.478 e. The Morgan fingerprint density at radius 3 is 2.88 bits per heavy atom. The maximum absolute atomic E-state index is 10.5. The zero-order chi connectivity index (χ0) is 12.1. The molecule has 0 amide bonds. The van der Waals surface area contributed by atoms with Crippen molar-refractivity contribution in [3.63, 3.8) is 0 Å². The first-order valence-corrected chi connectivity index (χ1v) is 5.95. The number of benzene rings is 1. The monoisotopic (exact) mass is 257 g/mol. The molecule has 0 aliphatic rings. The summed E-state index contributed by atoms with van der Waals surface area (Å²) in [6.45, 7) is 1.56. The molecule has 0 bridgehead atoms. The van der Waals surface area contributed by atoms with Crippen LogP contribution in [-0.4, -0.2) is 16.8 Å². The molecular weight excluding hydrogens is 246 g/mol. The van der Waals surface area contributed by atoms with Crippen molar-refractivity contribution in [2.45, 2.75) is 11.8 Å². The predicted molar refractivity (Wildman–Crippen MR) is 68.0 cm³/mol. The molecule has 0 spiro atoms. The number of aliphatic carboxylic acids is 1. The molecule has 1 aromatic carbocycles. The predicted octanol–water partition coefficient (Wildman–Crippen LogP) is 3.05. The van der Waals surface area contributed by atoms with Gasteiger partial charge in [-0.2, -0.15) is 0 Å². The van der Waals surface area contributed by atoms with Crippen LogP contribution in [0.1, 0.15) is 6.92 Å². The first kappa shape index (κ1) is 12.9. The smallest absolute Gasteiger partial charge is 0.330 e. The Kier molecular flexibility index (Phi) is 4.71. The minimum absolute atomic E-state index is 0.333. The highest BCUT2D eigenvalue weighted by Gasteiger charge is 2.01. The molecule has 0 radical (unpaired) electrons. The van der Waals surface area contributed by atoms with Gasteiger partial charge >= 0.3 is 5.97 Å². The highest BCUT2D eigenvalue weighted by molar-refractivity contribution is 7.99. The molecule has 1 rings (SSSR count). The van der Waals surface area contributed by atoms with Crippen LogP contribution in [0.4, 0.5) is 5.69 Å². The molecule has 0 aliphatic heterocycles. The zero-order valence-electron chi connectivity index (χ0n) is 8.74. The molecule has 0 aliphatic carbocycles. The summed E-state index contributed by atoms with van der Waals surface area (Å²) >= 11 is 7.24. The lowest BCUT2D eigenvalue weighted by Crippen LogP contribution is -1.96. The summed E-state index contributed by atoms with van der Waals surface area (Å²) in [4.78, 5) is 11.4. The van der Waals surface area contributed by atoms with Gasteiger partial charge in [0.25, 0.3) is 0 Å². The summed E-state index contributed by atoms with van der Waals surface area (Å²) in [6, 6.07) is 5.26. The molecule has 3 N–H and O–H groups in total. The second-order valence-corrected chi connectivity index (χ2v) is 4.68. The third-order valence-corrected chi connectivity index (χ3v) is 3.19. The number of halogens is 1. The van der Waals surface area contributed by atoms with Gasteiger partial charge in [-0.1, -0.05) is 17.7 Å². The number of carboxylic acids is 1. The Labute approximate surface area is 103 Å². The lowest BCUT2D eigenvalue weighted by molar-refractivity contribution is -0.132. The van der Waals surface area contributed by atoms with Crippen LogP contribution in [-0.2, 0) is 4.79 Å². The first-order valence-electron chi connectivity index (χ1n) is 4.58. The van der Waals surface area contributed by atoms with Gasteiger partial charge in [-0.25, -0.2) is 4.79 Å². The average Bonchev–Trinajstić information content (AvgIpc) is 2.20. The maximum atomic E-state index is 10.5. The van der Waals surface area contributed by atoms with Crippen LogP contribution in [0.5, 0.6) is 0 Å². The lowest BCUT2D eigenvalue weighted by Gasteiger charge is -2.03. The topological polar surface area (TPSA) is 63.3 Å². The summed E-state index contributed by atoms with van der Waals surface area (Å²) in [5, 5.41) is 9.25. The van der Waals surface area contributed by atoms with Gasteiger partial charge in [0.1, 0.15) is 0 Å². The van der Waals surface area contributed by atoms with Crippen molar-refractivity contribution in [3.8, 4) is 0 Å². The van der Waals surface area contributed by atoms with Crippen LogP contribution in [0.3, 0.4) is 0 Å². The molecule has 0 heterocycles. The van der Waals surface area contributed by atoms with E-state index in [9.17, 15) is 4.79 Å². The number of rotatable bonds is 4. The average molecular weight is 258 g/mol. The van der Waals surface area contributed by atoms with Gasteiger partial charge in [0.15, 0.2) is 0 Å². The van der Waals surface area contributed by atoms with Crippen molar-refractivity contribution in [1.29, 1.82) is 0 Å². The van der Waals surface area contributed by atoms with Gasteiger partial charge in [0.05, 0.1) is 0 Å². The number of nitrogen functional groups attached to an aromatic ring is 1. The zero-order valence-corrected chi connectivity index (χ0v) is 10.3.